The third-order valence-electron chi connectivity index (χ3n) is 4.92. The van der Waals surface area contributed by atoms with Gasteiger partial charge in [0.15, 0.2) is 11.5 Å². The summed E-state index contributed by atoms with van der Waals surface area (Å²) in [7, 11) is 5.38. The summed E-state index contributed by atoms with van der Waals surface area (Å²) in [6.07, 6.45) is 0.761. The van der Waals surface area contributed by atoms with E-state index in [9.17, 15) is 4.79 Å². The van der Waals surface area contributed by atoms with Gasteiger partial charge in [-0.25, -0.2) is 0 Å². The standard InChI is InChI=1S/C19H31N3O3/c1-14-13-21(3)10-11-22(14)15(2)19(23)20-9-8-16-6-7-17(24-4)18(12-16)25-5/h6-7,12,14-15H,8-11,13H2,1-5H3,(H,20,23)/t14-,15-/m0/s1. The normalized spacial score (nSPS) is 20.1. The van der Waals surface area contributed by atoms with Gasteiger partial charge in [0, 0.05) is 32.2 Å². The lowest BCUT2D eigenvalue weighted by Gasteiger charge is -2.41. The quantitative estimate of drug-likeness (QED) is 0.806. The molecule has 1 aromatic carbocycles. The van der Waals surface area contributed by atoms with Crippen molar-refractivity contribution in [2.24, 2.45) is 0 Å². The van der Waals surface area contributed by atoms with Crippen molar-refractivity contribution < 1.29 is 14.3 Å². The van der Waals surface area contributed by atoms with Crippen LogP contribution < -0.4 is 14.8 Å². The van der Waals surface area contributed by atoms with Gasteiger partial charge in [-0.2, -0.15) is 0 Å². The van der Waals surface area contributed by atoms with Crippen LogP contribution in [-0.2, 0) is 11.2 Å². The summed E-state index contributed by atoms with van der Waals surface area (Å²) in [4.78, 5) is 17.1. The number of carbonyl (C=O) groups is 1. The first-order valence-electron chi connectivity index (χ1n) is 8.89. The Morgan fingerprint density at radius 1 is 1.28 bits per heavy atom. The predicted molar refractivity (Wildman–Crippen MR) is 99.4 cm³/mol. The number of amides is 1. The highest BCUT2D eigenvalue weighted by molar-refractivity contribution is 5.81. The Hall–Kier alpha value is -1.79. The average Bonchev–Trinajstić information content (AvgIpc) is 2.60. The highest BCUT2D eigenvalue weighted by Gasteiger charge is 2.29. The highest BCUT2D eigenvalue weighted by Crippen LogP contribution is 2.27. The molecule has 1 aromatic rings. The Morgan fingerprint density at radius 3 is 2.64 bits per heavy atom. The molecule has 6 nitrogen and oxygen atoms in total. The fourth-order valence-corrected chi connectivity index (χ4v) is 3.39. The van der Waals surface area contributed by atoms with Gasteiger partial charge < -0.3 is 19.7 Å². The Balaban J connectivity index is 1.83. The van der Waals surface area contributed by atoms with E-state index >= 15 is 0 Å². The minimum absolute atomic E-state index is 0.0943. The number of rotatable bonds is 7. The molecular formula is C19H31N3O3. The molecule has 0 unspecified atom stereocenters. The first-order valence-corrected chi connectivity index (χ1v) is 8.89. The van der Waals surface area contributed by atoms with Gasteiger partial charge in [-0.05, 0) is 45.0 Å². The molecule has 1 aliphatic rings. The van der Waals surface area contributed by atoms with Crippen LogP contribution in [0.4, 0.5) is 0 Å². The second-order valence-electron chi connectivity index (χ2n) is 6.76. The number of ether oxygens (including phenoxy) is 2. The number of hydrogen-bond acceptors (Lipinski definition) is 5. The largest absolute Gasteiger partial charge is 0.493 e. The molecule has 1 N–H and O–H groups in total. The van der Waals surface area contributed by atoms with Gasteiger partial charge in [-0.1, -0.05) is 6.07 Å². The molecule has 0 aliphatic carbocycles. The summed E-state index contributed by atoms with van der Waals surface area (Å²) in [5.74, 6) is 1.52. The van der Waals surface area contributed by atoms with Gasteiger partial charge in [-0.3, -0.25) is 9.69 Å². The first-order chi connectivity index (χ1) is 12.0. The lowest BCUT2D eigenvalue weighted by atomic mass is 10.1. The van der Waals surface area contributed by atoms with Crippen LogP contribution in [0.15, 0.2) is 18.2 Å². The molecule has 6 heteroatoms. The maximum atomic E-state index is 12.5. The number of nitrogens with one attached hydrogen (secondary N) is 1. The Labute approximate surface area is 151 Å². The van der Waals surface area contributed by atoms with E-state index in [1.54, 1.807) is 14.2 Å². The fourth-order valence-electron chi connectivity index (χ4n) is 3.39. The van der Waals surface area contributed by atoms with E-state index in [0.29, 0.717) is 24.1 Å². The molecule has 0 saturated carbocycles. The second-order valence-corrected chi connectivity index (χ2v) is 6.76. The third-order valence-corrected chi connectivity index (χ3v) is 4.92. The minimum atomic E-state index is -0.103. The van der Waals surface area contributed by atoms with E-state index in [2.05, 4.69) is 29.1 Å². The van der Waals surface area contributed by atoms with Gasteiger partial charge in [-0.15, -0.1) is 0 Å². The molecule has 1 amide bonds. The van der Waals surface area contributed by atoms with Crippen molar-refractivity contribution in [3.8, 4) is 11.5 Å². The van der Waals surface area contributed by atoms with Gasteiger partial charge >= 0.3 is 0 Å². The molecule has 1 heterocycles. The predicted octanol–water partition coefficient (Wildman–Crippen LogP) is 1.39. The monoisotopic (exact) mass is 349 g/mol. The maximum Gasteiger partial charge on any atom is 0.237 e. The van der Waals surface area contributed by atoms with E-state index in [-0.39, 0.29) is 11.9 Å². The first kappa shape index (κ1) is 19.5. The molecule has 1 aliphatic heterocycles. The van der Waals surface area contributed by atoms with Crippen molar-refractivity contribution in [3.63, 3.8) is 0 Å². The van der Waals surface area contributed by atoms with Crippen molar-refractivity contribution in [3.05, 3.63) is 23.8 Å². The van der Waals surface area contributed by atoms with Crippen LogP contribution >= 0.6 is 0 Å². The SMILES string of the molecule is COc1ccc(CCNC(=O)[C@H](C)N2CCN(C)C[C@@H]2C)cc1OC. The molecule has 2 atom stereocenters. The second kappa shape index (κ2) is 9.06. The molecule has 2 rings (SSSR count). The van der Waals surface area contributed by atoms with Crippen LogP contribution in [0.25, 0.3) is 0 Å². The van der Waals surface area contributed by atoms with Crippen molar-refractivity contribution in [1.82, 2.24) is 15.1 Å². The molecule has 0 spiro atoms. The Bertz CT molecular complexity index is 579. The third kappa shape index (κ3) is 5.09. The molecule has 1 saturated heterocycles. The van der Waals surface area contributed by atoms with Crippen LogP contribution in [0.5, 0.6) is 11.5 Å². The van der Waals surface area contributed by atoms with Crippen molar-refractivity contribution in [2.45, 2.75) is 32.4 Å². The van der Waals surface area contributed by atoms with Gasteiger partial charge in [0.1, 0.15) is 0 Å². The molecule has 0 bridgehead atoms. The smallest absolute Gasteiger partial charge is 0.237 e. The van der Waals surface area contributed by atoms with E-state index < -0.39 is 0 Å². The minimum Gasteiger partial charge on any atom is -0.493 e. The van der Waals surface area contributed by atoms with Gasteiger partial charge in [0.2, 0.25) is 5.91 Å². The number of nitrogens with zero attached hydrogens (tertiary/aromatic N) is 2. The van der Waals surface area contributed by atoms with E-state index in [0.717, 1.165) is 31.6 Å². The molecule has 0 aromatic heterocycles. The van der Waals surface area contributed by atoms with E-state index in [1.165, 1.54) is 0 Å². The molecule has 0 radical (unpaired) electrons. The Morgan fingerprint density at radius 2 is 2.00 bits per heavy atom. The van der Waals surface area contributed by atoms with Crippen molar-refractivity contribution >= 4 is 5.91 Å². The van der Waals surface area contributed by atoms with E-state index in [1.807, 2.05) is 25.1 Å². The summed E-state index contributed by atoms with van der Waals surface area (Å²) in [6.45, 7) is 7.73. The number of carbonyl (C=O) groups excluding carboxylic acids is 1. The zero-order chi connectivity index (χ0) is 18.4. The summed E-state index contributed by atoms with van der Waals surface area (Å²) < 4.78 is 10.6. The molecule has 25 heavy (non-hydrogen) atoms. The van der Waals surface area contributed by atoms with Crippen LogP contribution in [0.3, 0.4) is 0 Å². The van der Waals surface area contributed by atoms with E-state index in [4.69, 9.17) is 9.47 Å². The van der Waals surface area contributed by atoms with Gasteiger partial charge in [0.25, 0.3) is 0 Å². The Kier molecular flexibility index (Phi) is 7.08. The fraction of sp³-hybridized carbons (Fsp3) is 0.632. The van der Waals surface area contributed by atoms with Gasteiger partial charge in [0.05, 0.1) is 20.3 Å². The number of piperazine rings is 1. The zero-order valence-electron chi connectivity index (χ0n) is 16.0. The summed E-state index contributed by atoms with van der Waals surface area (Å²) >= 11 is 0. The van der Waals surface area contributed by atoms with Crippen molar-refractivity contribution in [1.29, 1.82) is 0 Å². The number of likely N-dealkylation sites (N-methyl/N-ethyl adjacent to an activating group) is 1. The lowest BCUT2D eigenvalue weighted by molar-refractivity contribution is -0.127. The maximum absolute atomic E-state index is 12.5. The van der Waals surface area contributed by atoms with Crippen LogP contribution in [0, 0.1) is 0 Å². The van der Waals surface area contributed by atoms with Crippen LogP contribution in [0.2, 0.25) is 0 Å². The average molecular weight is 349 g/mol. The van der Waals surface area contributed by atoms with Crippen LogP contribution in [-0.4, -0.2) is 75.2 Å². The number of benzene rings is 1. The topological polar surface area (TPSA) is 54.0 Å². The summed E-state index contributed by atoms with van der Waals surface area (Å²) in [5.41, 5.74) is 1.11. The number of methoxy groups -OCH3 is 2. The van der Waals surface area contributed by atoms with Crippen LogP contribution in [0.1, 0.15) is 19.4 Å². The molecular weight excluding hydrogens is 318 g/mol. The summed E-state index contributed by atoms with van der Waals surface area (Å²) in [5, 5.41) is 3.06. The lowest BCUT2D eigenvalue weighted by Crippen LogP contribution is -2.57. The van der Waals surface area contributed by atoms with Crippen molar-refractivity contribution in [2.75, 3.05) is 47.4 Å². The molecule has 1 fully saturated rings. The zero-order valence-corrected chi connectivity index (χ0v) is 16.0. The molecule has 140 valence electrons. The number of hydrogen-bond donors (Lipinski definition) is 1. The summed E-state index contributed by atoms with van der Waals surface area (Å²) in [6, 6.07) is 6.14. The highest BCUT2D eigenvalue weighted by atomic mass is 16.5.